The number of rotatable bonds is 0. The summed E-state index contributed by atoms with van der Waals surface area (Å²) >= 11 is 0. The molecule has 0 spiro atoms. The Bertz CT molecular complexity index is 222. The molecule has 1 amide bonds. The zero-order valence-corrected chi connectivity index (χ0v) is 9.28. The van der Waals surface area contributed by atoms with Crippen LogP contribution >= 0.6 is 0 Å². The summed E-state index contributed by atoms with van der Waals surface area (Å²) < 4.78 is 5.17. The molecule has 1 aliphatic heterocycles. The van der Waals surface area contributed by atoms with Crippen molar-refractivity contribution in [1.29, 1.82) is 0 Å². The third-order valence-corrected chi connectivity index (χ3v) is 2.28. The van der Waals surface area contributed by atoms with Crippen LogP contribution < -0.4 is 0 Å². The first-order chi connectivity index (χ1) is 6.31. The second-order valence-corrected chi connectivity index (χ2v) is 4.85. The number of hydrogen-bond donors (Lipinski definition) is 1. The minimum Gasteiger partial charge on any atom is -0.444 e. The van der Waals surface area contributed by atoms with Gasteiger partial charge >= 0.3 is 6.09 Å². The summed E-state index contributed by atoms with van der Waals surface area (Å²) in [6.45, 7) is 7.95. The van der Waals surface area contributed by atoms with E-state index in [2.05, 4.69) is 0 Å². The van der Waals surface area contributed by atoms with E-state index in [-0.39, 0.29) is 5.92 Å². The smallest absolute Gasteiger partial charge is 0.412 e. The van der Waals surface area contributed by atoms with E-state index in [9.17, 15) is 9.90 Å². The highest BCUT2D eigenvalue weighted by Gasteiger charge is 2.35. The molecule has 82 valence electrons. The number of carbonyl (C=O) groups is 1. The topological polar surface area (TPSA) is 49.8 Å². The maximum absolute atomic E-state index is 11.6. The van der Waals surface area contributed by atoms with E-state index in [0.717, 1.165) is 6.42 Å². The predicted molar refractivity (Wildman–Crippen MR) is 52.7 cm³/mol. The Labute approximate surface area is 84.8 Å². The Balaban J connectivity index is 2.54. The lowest BCUT2D eigenvalue weighted by atomic mass is 10.1. The van der Waals surface area contributed by atoms with Crippen LogP contribution in [-0.2, 0) is 4.74 Å². The molecule has 0 aliphatic carbocycles. The first-order valence-corrected chi connectivity index (χ1v) is 4.99. The molecule has 1 heterocycles. The molecular formula is C10H19NO3. The number of ether oxygens (including phenoxy) is 1. The van der Waals surface area contributed by atoms with Crippen LogP contribution in [-0.4, -0.2) is 34.5 Å². The van der Waals surface area contributed by atoms with E-state index >= 15 is 0 Å². The van der Waals surface area contributed by atoms with E-state index in [0.29, 0.717) is 6.54 Å². The number of hydrogen-bond acceptors (Lipinski definition) is 3. The number of amides is 1. The van der Waals surface area contributed by atoms with Gasteiger partial charge in [0.05, 0.1) is 0 Å². The van der Waals surface area contributed by atoms with Crippen molar-refractivity contribution >= 4 is 6.09 Å². The van der Waals surface area contributed by atoms with Crippen LogP contribution in [0.1, 0.15) is 34.1 Å². The predicted octanol–water partition coefficient (Wildman–Crippen LogP) is 1.58. The van der Waals surface area contributed by atoms with Gasteiger partial charge in [-0.05, 0) is 27.2 Å². The van der Waals surface area contributed by atoms with Gasteiger partial charge in [0.25, 0.3) is 0 Å². The van der Waals surface area contributed by atoms with Crippen molar-refractivity contribution in [2.24, 2.45) is 5.92 Å². The third-order valence-electron chi connectivity index (χ3n) is 2.28. The van der Waals surface area contributed by atoms with Crippen LogP contribution in [0.4, 0.5) is 4.79 Å². The molecule has 2 unspecified atom stereocenters. The number of aliphatic hydroxyl groups is 1. The average Bonchev–Trinajstić information content (AvgIpc) is 2.29. The molecule has 0 bridgehead atoms. The molecule has 1 saturated heterocycles. The molecule has 14 heavy (non-hydrogen) atoms. The van der Waals surface area contributed by atoms with Gasteiger partial charge in [-0.1, -0.05) is 6.92 Å². The summed E-state index contributed by atoms with van der Waals surface area (Å²) in [6, 6.07) is 0. The molecular weight excluding hydrogens is 182 g/mol. The van der Waals surface area contributed by atoms with Crippen LogP contribution in [0, 0.1) is 5.92 Å². The molecule has 1 N–H and O–H groups in total. The van der Waals surface area contributed by atoms with E-state index in [1.165, 1.54) is 4.90 Å². The van der Waals surface area contributed by atoms with Gasteiger partial charge < -0.3 is 9.84 Å². The van der Waals surface area contributed by atoms with Crippen molar-refractivity contribution in [3.8, 4) is 0 Å². The van der Waals surface area contributed by atoms with E-state index in [1.807, 2.05) is 27.7 Å². The second kappa shape index (κ2) is 3.77. The maximum Gasteiger partial charge on any atom is 0.412 e. The largest absolute Gasteiger partial charge is 0.444 e. The Morgan fingerprint density at radius 2 is 2.07 bits per heavy atom. The molecule has 0 saturated carbocycles. The average molecular weight is 201 g/mol. The minimum absolute atomic E-state index is 0.141. The lowest BCUT2D eigenvalue weighted by Crippen LogP contribution is -2.40. The lowest BCUT2D eigenvalue weighted by molar-refractivity contribution is -0.0232. The van der Waals surface area contributed by atoms with Gasteiger partial charge in [-0.2, -0.15) is 0 Å². The summed E-state index contributed by atoms with van der Waals surface area (Å²) in [5, 5.41) is 9.65. The Morgan fingerprint density at radius 3 is 2.43 bits per heavy atom. The molecule has 0 aromatic carbocycles. The number of carbonyl (C=O) groups excluding carboxylic acids is 1. The summed E-state index contributed by atoms with van der Waals surface area (Å²) in [5.41, 5.74) is -0.497. The number of aliphatic hydroxyl groups excluding tert-OH is 1. The van der Waals surface area contributed by atoms with Gasteiger partial charge in [-0.15, -0.1) is 0 Å². The maximum atomic E-state index is 11.6. The van der Waals surface area contributed by atoms with E-state index < -0.39 is 17.9 Å². The fourth-order valence-electron chi connectivity index (χ4n) is 1.45. The highest BCUT2D eigenvalue weighted by Crippen LogP contribution is 2.23. The Kier molecular flexibility index (Phi) is 3.04. The van der Waals surface area contributed by atoms with Gasteiger partial charge in [0.2, 0.25) is 0 Å². The standard InChI is InChI=1S/C10H19NO3/c1-7-5-6-11(8(7)12)9(13)14-10(2,3)4/h7-8,12H,5-6H2,1-4H3. The summed E-state index contributed by atoms with van der Waals surface area (Å²) in [7, 11) is 0. The van der Waals surface area contributed by atoms with Crippen molar-refractivity contribution in [2.75, 3.05) is 6.54 Å². The molecule has 0 aromatic heterocycles. The van der Waals surface area contributed by atoms with Crippen molar-refractivity contribution in [3.63, 3.8) is 0 Å². The Hall–Kier alpha value is -0.770. The monoisotopic (exact) mass is 201 g/mol. The molecule has 1 rings (SSSR count). The van der Waals surface area contributed by atoms with E-state index in [4.69, 9.17) is 4.74 Å². The zero-order valence-electron chi connectivity index (χ0n) is 9.28. The fourth-order valence-corrected chi connectivity index (χ4v) is 1.45. The zero-order chi connectivity index (χ0) is 10.9. The van der Waals surface area contributed by atoms with Crippen LogP contribution in [0.5, 0.6) is 0 Å². The van der Waals surface area contributed by atoms with Gasteiger partial charge in [0.1, 0.15) is 11.8 Å². The normalized spacial score (nSPS) is 27.9. The van der Waals surface area contributed by atoms with Crippen molar-refractivity contribution < 1.29 is 14.6 Å². The highest BCUT2D eigenvalue weighted by atomic mass is 16.6. The first-order valence-electron chi connectivity index (χ1n) is 4.99. The lowest BCUT2D eigenvalue weighted by Gasteiger charge is -2.26. The molecule has 0 radical (unpaired) electrons. The number of likely N-dealkylation sites (tertiary alicyclic amines) is 1. The van der Waals surface area contributed by atoms with Gasteiger partial charge in [-0.3, -0.25) is 4.90 Å². The Morgan fingerprint density at radius 1 is 1.50 bits per heavy atom. The summed E-state index contributed by atoms with van der Waals surface area (Å²) in [6.07, 6.45) is -0.278. The molecule has 4 heteroatoms. The van der Waals surface area contributed by atoms with Crippen LogP contribution in [0.25, 0.3) is 0 Å². The second-order valence-electron chi connectivity index (χ2n) is 4.85. The number of nitrogens with zero attached hydrogens (tertiary/aromatic N) is 1. The van der Waals surface area contributed by atoms with Crippen LogP contribution in [0.2, 0.25) is 0 Å². The van der Waals surface area contributed by atoms with Crippen LogP contribution in [0.15, 0.2) is 0 Å². The molecule has 4 nitrogen and oxygen atoms in total. The van der Waals surface area contributed by atoms with Gasteiger partial charge in [0.15, 0.2) is 0 Å². The summed E-state index contributed by atoms with van der Waals surface area (Å²) in [4.78, 5) is 12.9. The molecule has 1 fully saturated rings. The summed E-state index contributed by atoms with van der Waals surface area (Å²) in [5.74, 6) is 0.141. The highest BCUT2D eigenvalue weighted by molar-refractivity contribution is 5.68. The fraction of sp³-hybridized carbons (Fsp3) is 0.900. The van der Waals surface area contributed by atoms with Gasteiger partial charge in [-0.25, -0.2) is 4.79 Å². The minimum atomic E-state index is -0.690. The molecule has 1 aliphatic rings. The van der Waals surface area contributed by atoms with E-state index in [1.54, 1.807) is 0 Å². The first kappa shape index (κ1) is 11.3. The molecule has 0 aromatic rings. The van der Waals surface area contributed by atoms with Crippen molar-refractivity contribution in [1.82, 2.24) is 4.90 Å². The van der Waals surface area contributed by atoms with Crippen molar-refractivity contribution in [3.05, 3.63) is 0 Å². The SMILES string of the molecule is CC1CCN(C(=O)OC(C)(C)C)C1O. The van der Waals surface area contributed by atoms with Crippen LogP contribution in [0.3, 0.4) is 0 Å². The van der Waals surface area contributed by atoms with Crippen molar-refractivity contribution in [2.45, 2.75) is 45.9 Å². The third kappa shape index (κ3) is 2.61. The van der Waals surface area contributed by atoms with Gasteiger partial charge in [0, 0.05) is 12.5 Å². The molecule has 2 atom stereocenters. The quantitative estimate of drug-likeness (QED) is 0.647.